The number of ether oxygens (including phenoxy) is 2. The molecule has 0 saturated heterocycles. The van der Waals surface area contributed by atoms with E-state index in [4.69, 9.17) is 21.1 Å². The van der Waals surface area contributed by atoms with E-state index in [0.29, 0.717) is 55.9 Å². The number of carboxylic acid groups (broad SMARTS) is 1. The van der Waals surface area contributed by atoms with Crippen LogP contribution in [0.5, 0.6) is 11.5 Å². The first-order valence-corrected chi connectivity index (χ1v) is 22.0. The molecule has 4 aromatic carbocycles. The van der Waals surface area contributed by atoms with Crippen LogP contribution in [0.1, 0.15) is 104 Å². The van der Waals surface area contributed by atoms with Crippen LogP contribution >= 0.6 is 11.6 Å². The number of benzene rings is 4. The molecule has 3 aliphatic carbocycles. The Morgan fingerprint density at radius 1 is 0.900 bits per heavy atom. The van der Waals surface area contributed by atoms with Crippen LogP contribution in [0.2, 0.25) is 5.02 Å². The normalized spacial score (nSPS) is 22.3. The van der Waals surface area contributed by atoms with Gasteiger partial charge in [-0.05, 0) is 145 Å². The van der Waals surface area contributed by atoms with Gasteiger partial charge in [0.05, 0.1) is 13.0 Å². The van der Waals surface area contributed by atoms with Gasteiger partial charge < -0.3 is 25.2 Å². The Kier molecular flexibility index (Phi) is 12.5. The number of hydrogen-bond acceptors (Lipinski definition) is 6. The summed E-state index contributed by atoms with van der Waals surface area (Å²) in [5.41, 5.74) is 7.48. The lowest BCUT2D eigenvalue weighted by Crippen LogP contribution is -2.53. The van der Waals surface area contributed by atoms with Gasteiger partial charge >= 0.3 is 5.97 Å². The molecule has 0 unspecified atom stereocenters. The average molecular weight is 826 g/mol. The fourth-order valence-corrected chi connectivity index (χ4v) is 10.4. The van der Waals surface area contributed by atoms with E-state index in [9.17, 15) is 14.7 Å². The Morgan fingerprint density at radius 2 is 1.68 bits per heavy atom. The number of amides is 1. The zero-order chi connectivity index (χ0) is 41.7. The van der Waals surface area contributed by atoms with Crippen LogP contribution < -0.4 is 20.1 Å². The van der Waals surface area contributed by atoms with Crippen molar-refractivity contribution in [3.8, 4) is 11.5 Å². The SMILES string of the molecule is C[C@@H](COc1ccnc2c1[C@H](C)CCC2)C[C@H]1Cc2ccc(OCc3cccc(CNC(=O)Cc4ccccc4)c3)cc2C12CCC(Nc1cccc(Cl)c1)(C(=O)O)CC2. The Labute approximate surface area is 359 Å². The third-order valence-corrected chi connectivity index (χ3v) is 13.6. The van der Waals surface area contributed by atoms with Crippen LogP contribution in [0.3, 0.4) is 0 Å². The predicted molar refractivity (Wildman–Crippen MR) is 237 cm³/mol. The van der Waals surface area contributed by atoms with E-state index in [2.05, 4.69) is 53.7 Å². The van der Waals surface area contributed by atoms with Crippen molar-refractivity contribution in [1.82, 2.24) is 10.3 Å². The Hall–Kier alpha value is -5.34. The summed E-state index contributed by atoms with van der Waals surface area (Å²) in [4.78, 5) is 30.4. The minimum absolute atomic E-state index is 0.0133. The fourth-order valence-electron chi connectivity index (χ4n) is 10.2. The highest BCUT2D eigenvalue weighted by atomic mass is 35.5. The quantitative estimate of drug-likeness (QED) is 0.0964. The minimum Gasteiger partial charge on any atom is -0.493 e. The number of aryl methyl sites for hydroxylation is 1. The highest BCUT2D eigenvalue weighted by Gasteiger charge is 2.54. The van der Waals surface area contributed by atoms with Gasteiger partial charge in [-0.1, -0.05) is 92.2 Å². The Balaban J connectivity index is 0.985. The number of aliphatic carboxylic acids is 1. The third kappa shape index (κ3) is 9.19. The predicted octanol–water partition coefficient (Wildman–Crippen LogP) is 10.6. The smallest absolute Gasteiger partial charge is 0.329 e. The number of hydrogen-bond donors (Lipinski definition) is 3. The summed E-state index contributed by atoms with van der Waals surface area (Å²) >= 11 is 6.33. The van der Waals surface area contributed by atoms with Crippen LogP contribution in [-0.2, 0) is 47.4 Å². The van der Waals surface area contributed by atoms with E-state index in [-0.39, 0.29) is 17.2 Å². The molecule has 1 heterocycles. The summed E-state index contributed by atoms with van der Waals surface area (Å²) in [6.07, 6.45) is 9.89. The van der Waals surface area contributed by atoms with Gasteiger partial charge in [0.2, 0.25) is 5.91 Å². The standard InChI is InChI=1S/C51H56ClN3O5/c1-34(32-60-46-19-24-53-45-16-6-9-35(2)48(45)46)25-40-28-39-17-18-43(59-33-38-13-7-12-37(26-38)31-54-47(56)27-36-10-4-3-5-11-36)30-44(39)50(40)20-22-51(23-21-50,49(57)58)55-42-15-8-14-41(52)29-42/h3-5,7-8,10-15,17-19,24,26,29-30,34-35,40,55H,6,9,16,20-23,25,27-28,31-33H2,1-2H3,(H,54,56)(H,57,58)/t34-,35-,40+,50?,51?/m1/s1. The topological polar surface area (TPSA) is 110 Å². The lowest BCUT2D eigenvalue weighted by Gasteiger charge is -2.47. The zero-order valence-corrected chi connectivity index (χ0v) is 35.5. The maximum absolute atomic E-state index is 13.1. The highest BCUT2D eigenvalue weighted by Crippen LogP contribution is 2.57. The first kappa shape index (κ1) is 41.4. The monoisotopic (exact) mass is 825 g/mol. The molecule has 5 aromatic rings. The third-order valence-electron chi connectivity index (χ3n) is 13.4. The molecule has 3 atom stereocenters. The molecule has 8 nitrogen and oxygen atoms in total. The molecule has 3 N–H and O–H groups in total. The molecular weight excluding hydrogens is 770 g/mol. The molecule has 0 bridgehead atoms. The van der Waals surface area contributed by atoms with Crippen molar-refractivity contribution >= 4 is 29.2 Å². The number of pyridine rings is 1. The number of aromatic nitrogens is 1. The van der Waals surface area contributed by atoms with Gasteiger partial charge in [0.1, 0.15) is 23.6 Å². The van der Waals surface area contributed by atoms with Gasteiger partial charge in [0.25, 0.3) is 0 Å². The number of halogens is 1. The molecule has 1 aromatic heterocycles. The Bertz CT molecular complexity index is 2310. The molecular formula is C51H56ClN3O5. The Morgan fingerprint density at radius 3 is 2.48 bits per heavy atom. The molecule has 1 fully saturated rings. The summed E-state index contributed by atoms with van der Waals surface area (Å²) in [6, 6.07) is 33.8. The van der Waals surface area contributed by atoms with Crippen LogP contribution in [0.4, 0.5) is 5.69 Å². The maximum atomic E-state index is 13.1. The number of carbonyl (C=O) groups is 2. The largest absolute Gasteiger partial charge is 0.493 e. The van der Waals surface area contributed by atoms with Crippen molar-refractivity contribution < 1.29 is 24.2 Å². The van der Waals surface area contributed by atoms with E-state index in [1.165, 1.54) is 28.8 Å². The van der Waals surface area contributed by atoms with Crippen molar-refractivity contribution in [2.45, 2.75) is 108 Å². The maximum Gasteiger partial charge on any atom is 0.329 e. The van der Waals surface area contributed by atoms with Gasteiger partial charge in [0, 0.05) is 34.7 Å². The minimum atomic E-state index is -1.10. The highest BCUT2D eigenvalue weighted by molar-refractivity contribution is 6.30. The zero-order valence-electron chi connectivity index (χ0n) is 34.7. The number of nitrogens with zero attached hydrogens (tertiary/aromatic N) is 1. The summed E-state index contributed by atoms with van der Waals surface area (Å²) in [5, 5.41) is 17.8. The van der Waals surface area contributed by atoms with Gasteiger partial charge in [-0.3, -0.25) is 9.78 Å². The van der Waals surface area contributed by atoms with E-state index >= 15 is 0 Å². The first-order chi connectivity index (χ1) is 29.1. The number of carbonyl (C=O) groups excluding carboxylic acids is 1. The molecule has 3 aliphatic rings. The van der Waals surface area contributed by atoms with E-state index in [1.54, 1.807) is 12.1 Å². The van der Waals surface area contributed by atoms with Crippen molar-refractivity contribution in [3.63, 3.8) is 0 Å². The number of rotatable bonds is 15. The van der Waals surface area contributed by atoms with Gasteiger partial charge in [-0.15, -0.1) is 0 Å². The van der Waals surface area contributed by atoms with Gasteiger partial charge in [-0.2, -0.15) is 0 Å². The number of carboxylic acids is 1. The summed E-state index contributed by atoms with van der Waals surface area (Å²) < 4.78 is 13.1. The molecule has 0 aliphatic heterocycles. The molecule has 60 heavy (non-hydrogen) atoms. The molecule has 312 valence electrons. The van der Waals surface area contributed by atoms with E-state index in [1.807, 2.05) is 72.9 Å². The fraction of sp³-hybridized carbons (Fsp3) is 0.392. The van der Waals surface area contributed by atoms with E-state index in [0.717, 1.165) is 72.4 Å². The van der Waals surface area contributed by atoms with Gasteiger partial charge in [0.15, 0.2) is 0 Å². The van der Waals surface area contributed by atoms with Crippen LogP contribution in [-0.4, -0.2) is 34.1 Å². The van der Waals surface area contributed by atoms with Crippen LogP contribution in [0.25, 0.3) is 0 Å². The summed E-state index contributed by atoms with van der Waals surface area (Å²) in [6.45, 7) is 6.02. The van der Waals surface area contributed by atoms with Crippen molar-refractivity contribution in [1.29, 1.82) is 0 Å². The molecule has 0 radical (unpaired) electrons. The molecule has 1 spiro atoms. The lowest BCUT2D eigenvalue weighted by molar-refractivity contribution is -0.144. The molecule has 9 heteroatoms. The molecule has 1 saturated carbocycles. The van der Waals surface area contributed by atoms with E-state index < -0.39 is 11.5 Å². The lowest BCUT2D eigenvalue weighted by atomic mass is 9.59. The number of nitrogens with one attached hydrogen (secondary N) is 2. The second kappa shape index (κ2) is 18.1. The summed E-state index contributed by atoms with van der Waals surface area (Å²) in [5.74, 6) is 1.97. The van der Waals surface area contributed by atoms with Crippen LogP contribution in [0, 0.1) is 11.8 Å². The summed E-state index contributed by atoms with van der Waals surface area (Å²) in [7, 11) is 0. The van der Waals surface area contributed by atoms with Crippen LogP contribution in [0.15, 0.2) is 109 Å². The molecule has 1 amide bonds. The van der Waals surface area contributed by atoms with Gasteiger partial charge in [-0.25, -0.2) is 4.79 Å². The second-order valence-corrected chi connectivity index (χ2v) is 18.0. The van der Waals surface area contributed by atoms with Crippen molar-refractivity contribution in [3.05, 3.63) is 153 Å². The van der Waals surface area contributed by atoms with Crippen molar-refractivity contribution in [2.75, 3.05) is 11.9 Å². The molecule has 8 rings (SSSR count). The second-order valence-electron chi connectivity index (χ2n) is 17.6. The number of fused-ring (bicyclic) bond motifs is 3. The first-order valence-electron chi connectivity index (χ1n) is 21.6. The number of anilines is 1. The average Bonchev–Trinajstić information content (AvgIpc) is 3.53. The van der Waals surface area contributed by atoms with Crippen molar-refractivity contribution in [2.24, 2.45) is 11.8 Å².